The summed E-state index contributed by atoms with van der Waals surface area (Å²) in [5.74, 6) is 3.20. The van der Waals surface area contributed by atoms with Crippen molar-refractivity contribution in [2.24, 2.45) is 17.8 Å². The second-order valence-corrected chi connectivity index (χ2v) is 13.1. The van der Waals surface area contributed by atoms with E-state index >= 15 is 0 Å². The molecular weight excluding hydrogens is 434 g/mol. The van der Waals surface area contributed by atoms with Crippen LogP contribution in [-0.2, 0) is 0 Å². The zero-order valence-corrected chi connectivity index (χ0v) is 26.1. The molecule has 0 N–H and O–H groups in total. The zero-order valence-electron chi connectivity index (χ0n) is 26.1. The molecule has 1 aliphatic rings. The van der Waals surface area contributed by atoms with Crippen LogP contribution in [0.15, 0.2) is 0 Å². The van der Waals surface area contributed by atoms with Crippen LogP contribution >= 0.6 is 0 Å². The summed E-state index contributed by atoms with van der Waals surface area (Å²) >= 11 is 0. The lowest BCUT2D eigenvalue weighted by Gasteiger charge is -2.24. The van der Waals surface area contributed by atoms with E-state index in [1.165, 1.54) is 161 Å². The minimum absolute atomic E-state index is 0.819. The van der Waals surface area contributed by atoms with Crippen LogP contribution in [0, 0.1) is 17.8 Å². The Kier molecular flexibility index (Phi) is 22.7. The Morgan fingerprint density at radius 2 is 0.917 bits per heavy atom. The summed E-state index contributed by atoms with van der Waals surface area (Å²) in [6.45, 7) is 7.18. The van der Waals surface area contributed by atoms with E-state index in [9.17, 15) is 0 Å². The molecule has 0 radical (unpaired) electrons. The van der Waals surface area contributed by atoms with Crippen LogP contribution in [0.1, 0.15) is 188 Å². The van der Waals surface area contributed by atoms with Crippen LogP contribution in [0.4, 0.5) is 0 Å². The molecule has 0 spiro atoms. The molecule has 0 aliphatic heterocycles. The molecule has 0 heterocycles. The second kappa shape index (κ2) is 24.0. The molecule has 0 aromatic rings. The molecule has 2 unspecified atom stereocenters. The first kappa shape index (κ1) is 34.0. The summed E-state index contributed by atoms with van der Waals surface area (Å²) < 4.78 is 0. The molecule has 1 nitrogen and oxygen atoms in total. The van der Waals surface area contributed by atoms with E-state index in [0.717, 1.165) is 23.8 Å². The highest BCUT2D eigenvalue weighted by Crippen LogP contribution is 2.48. The molecule has 4 atom stereocenters. The Labute approximate surface area is 230 Å². The molecular formula is C35H71N. The highest BCUT2D eigenvalue weighted by Gasteiger charge is 2.39. The van der Waals surface area contributed by atoms with Crippen molar-refractivity contribution in [2.75, 3.05) is 14.1 Å². The smallest absolute Gasteiger partial charge is 0.00891 e. The fraction of sp³-hybridized carbons (Fsp3) is 1.00. The second-order valence-electron chi connectivity index (χ2n) is 13.1. The predicted molar refractivity (Wildman–Crippen MR) is 165 cm³/mol. The summed E-state index contributed by atoms with van der Waals surface area (Å²) in [5.41, 5.74) is 0. The van der Waals surface area contributed by atoms with Gasteiger partial charge in [-0.25, -0.2) is 0 Å². The molecule has 216 valence electrons. The first-order chi connectivity index (χ1) is 17.6. The molecule has 0 bridgehead atoms. The third kappa shape index (κ3) is 19.1. The number of hydrogen-bond acceptors (Lipinski definition) is 1. The van der Waals surface area contributed by atoms with Gasteiger partial charge in [-0.15, -0.1) is 0 Å². The molecule has 1 rings (SSSR count). The molecule has 36 heavy (non-hydrogen) atoms. The van der Waals surface area contributed by atoms with Crippen LogP contribution < -0.4 is 0 Å². The molecule has 1 fully saturated rings. The van der Waals surface area contributed by atoms with Gasteiger partial charge in [-0.05, 0) is 51.1 Å². The molecule has 0 aromatic heterocycles. The van der Waals surface area contributed by atoms with Crippen molar-refractivity contribution in [3.8, 4) is 0 Å². The Morgan fingerprint density at radius 1 is 0.528 bits per heavy atom. The summed E-state index contributed by atoms with van der Waals surface area (Å²) in [5, 5.41) is 0. The minimum atomic E-state index is 0.819. The first-order valence-electron chi connectivity index (χ1n) is 17.3. The average molecular weight is 506 g/mol. The molecule has 0 aromatic carbocycles. The molecule has 1 saturated carbocycles. The van der Waals surface area contributed by atoms with E-state index in [-0.39, 0.29) is 0 Å². The van der Waals surface area contributed by atoms with Crippen molar-refractivity contribution in [1.29, 1.82) is 0 Å². The first-order valence-corrected chi connectivity index (χ1v) is 17.3. The van der Waals surface area contributed by atoms with Gasteiger partial charge in [-0.2, -0.15) is 0 Å². The van der Waals surface area contributed by atoms with Crippen LogP contribution in [-0.4, -0.2) is 25.0 Å². The van der Waals surface area contributed by atoms with Gasteiger partial charge in [0.25, 0.3) is 0 Å². The van der Waals surface area contributed by atoms with Gasteiger partial charge in [0.15, 0.2) is 0 Å². The van der Waals surface area contributed by atoms with E-state index in [0.29, 0.717) is 0 Å². The van der Waals surface area contributed by atoms with Gasteiger partial charge in [-0.1, -0.05) is 168 Å². The van der Waals surface area contributed by atoms with E-state index in [1.54, 1.807) is 6.42 Å². The topological polar surface area (TPSA) is 3.24 Å². The Morgan fingerprint density at radius 3 is 1.36 bits per heavy atom. The number of nitrogens with zero attached hydrogens (tertiary/aromatic N) is 1. The van der Waals surface area contributed by atoms with Gasteiger partial charge in [0.05, 0.1) is 0 Å². The van der Waals surface area contributed by atoms with Gasteiger partial charge in [0, 0.05) is 6.04 Å². The molecule has 1 heteroatoms. The normalized spacial score (nSPS) is 19.2. The maximum Gasteiger partial charge on any atom is 0.00891 e. The summed E-state index contributed by atoms with van der Waals surface area (Å²) in [6, 6.07) is 0.819. The predicted octanol–water partition coefficient (Wildman–Crippen LogP) is 12.0. The molecule has 0 saturated heterocycles. The van der Waals surface area contributed by atoms with E-state index < -0.39 is 0 Å². The van der Waals surface area contributed by atoms with Crippen LogP contribution in [0.5, 0.6) is 0 Å². The van der Waals surface area contributed by atoms with Gasteiger partial charge < -0.3 is 4.90 Å². The zero-order chi connectivity index (χ0) is 26.3. The standard InChI is InChI=1S/C35H71N/c1-6-8-10-12-16-21-25-29-34(36(4)5)30-26-22-18-15-14-17-19-23-27-32(3)35-31-33(35)28-24-20-13-11-9-7-2/h32-35H,6-31H2,1-5H3/t32?,33-,34?,35+/m1/s1. The fourth-order valence-corrected chi connectivity index (χ4v) is 6.61. The quantitative estimate of drug-likeness (QED) is 0.0955. The summed E-state index contributed by atoms with van der Waals surface area (Å²) in [4.78, 5) is 2.50. The van der Waals surface area contributed by atoms with Crippen molar-refractivity contribution < 1.29 is 0 Å². The van der Waals surface area contributed by atoms with Crippen molar-refractivity contribution in [2.45, 2.75) is 194 Å². The number of unbranched alkanes of at least 4 members (excludes halogenated alkanes) is 18. The highest BCUT2D eigenvalue weighted by atomic mass is 15.1. The van der Waals surface area contributed by atoms with Crippen molar-refractivity contribution in [1.82, 2.24) is 4.90 Å². The average Bonchev–Trinajstić information content (AvgIpc) is 3.64. The van der Waals surface area contributed by atoms with E-state index in [2.05, 4.69) is 39.8 Å². The lowest BCUT2D eigenvalue weighted by Crippen LogP contribution is -2.27. The van der Waals surface area contributed by atoms with Gasteiger partial charge in [-0.3, -0.25) is 0 Å². The maximum absolute atomic E-state index is 2.56. The number of rotatable bonds is 28. The lowest BCUT2D eigenvalue weighted by molar-refractivity contribution is 0.251. The summed E-state index contributed by atoms with van der Waals surface area (Å²) in [6.07, 6.45) is 38.0. The Hall–Kier alpha value is -0.0400. The van der Waals surface area contributed by atoms with Crippen molar-refractivity contribution in [3.63, 3.8) is 0 Å². The van der Waals surface area contributed by atoms with Crippen LogP contribution in [0.3, 0.4) is 0 Å². The molecule has 0 amide bonds. The van der Waals surface area contributed by atoms with Gasteiger partial charge >= 0.3 is 0 Å². The molecule has 1 aliphatic carbocycles. The van der Waals surface area contributed by atoms with Crippen molar-refractivity contribution in [3.05, 3.63) is 0 Å². The summed E-state index contributed by atoms with van der Waals surface area (Å²) in [7, 11) is 4.59. The van der Waals surface area contributed by atoms with Gasteiger partial charge in [0.1, 0.15) is 0 Å². The highest BCUT2D eigenvalue weighted by molar-refractivity contribution is 4.89. The van der Waals surface area contributed by atoms with Crippen LogP contribution in [0.2, 0.25) is 0 Å². The third-order valence-electron chi connectivity index (χ3n) is 9.45. The minimum Gasteiger partial charge on any atom is -0.306 e. The number of hydrogen-bond donors (Lipinski definition) is 0. The fourth-order valence-electron chi connectivity index (χ4n) is 6.61. The lowest BCUT2D eigenvalue weighted by atomic mass is 9.95. The van der Waals surface area contributed by atoms with Crippen LogP contribution in [0.25, 0.3) is 0 Å². The van der Waals surface area contributed by atoms with Crippen molar-refractivity contribution >= 4 is 0 Å². The monoisotopic (exact) mass is 506 g/mol. The van der Waals surface area contributed by atoms with Gasteiger partial charge in [0.2, 0.25) is 0 Å². The van der Waals surface area contributed by atoms with E-state index in [4.69, 9.17) is 0 Å². The van der Waals surface area contributed by atoms with E-state index in [1.807, 2.05) is 0 Å². The Bertz CT molecular complexity index is 444. The largest absolute Gasteiger partial charge is 0.306 e. The maximum atomic E-state index is 2.56. The SMILES string of the molecule is CCCCCCCCCC(CCCCCCCCCCC(C)[C@@H]1C[C@H]1CCCCCCCC)N(C)C. The Balaban J connectivity index is 1.87. The third-order valence-corrected chi connectivity index (χ3v) is 9.45.